The van der Waals surface area contributed by atoms with Gasteiger partial charge in [0.15, 0.2) is 0 Å². The third-order valence-electron chi connectivity index (χ3n) is 3.05. The Kier molecular flexibility index (Phi) is 7.64. The van der Waals surface area contributed by atoms with E-state index in [4.69, 9.17) is 22.4 Å². The van der Waals surface area contributed by atoms with Gasteiger partial charge in [-0.15, -0.1) is 11.6 Å². The minimum absolute atomic E-state index is 0.0511. The van der Waals surface area contributed by atoms with Crippen molar-refractivity contribution in [3.63, 3.8) is 0 Å². The van der Waals surface area contributed by atoms with Crippen LogP contribution in [-0.4, -0.2) is 37.2 Å². The molecule has 0 spiro atoms. The maximum Gasteiger partial charge on any atom is 0.320 e. The molecule has 0 bridgehead atoms. The van der Waals surface area contributed by atoms with Crippen LogP contribution in [0.5, 0.6) is 0 Å². The average Bonchev–Trinajstić information content (AvgIpc) is 2.45. The first-order valence-corrected chi connectivity index (χ1v) is 9.16. The number of carboxylic acid groups (broad SMARTS) is 1. The Morgan fingerprint density at radius 2 is 1.86 bits per heavy atom. The van der Waals surface area contributed by atoms with Crippen molar-refractivity contribution in [3.05, 3.63) is 29.8 Å². The van der Waals surface area contributed by atoms with Crippen molar-refractivity contribution in [2.75, 3.05) is 16.4 Å². The van der Waals surface area contributed by atoms with Crippen LogP contribution in [0.1, 0.15) is 24.8 Å². The zero-order chi connectivity index (χ0) is 16.6. The van der Waals surface area contributed by atoms with Crippen LogP contribution >= 0.6 is 11.6 Å². The SMILES string of the molecule is N[C@@H](Cc1ccc(NS(=O)(=O)CCCCCCl)cc1)C(=O)O. The molecule has 0 unspecified atom stereocenters. The topological polar surface area (TPSA) is 109 Å². The summed E-state index contributed by atoms with van der Waals surface area (Å²) in [5.74, 6) is -0.482. The number of anilines is 1. The van der Waals surface area contributed by atoms with Crippen LogP contribution in [-0.2, 0) is 21.2 Å². The number of sulfonamides is 1. The fourth-order valence-corrected chi connectivity index (χ4v) is 3.21. The summed E-state index contributed by atoms with van der Waals surface area (Å²) in [6.07, 6.45) is 2.33. The van der Waals surface area contributed by atoms with Crippen molar-refractivity contribution in [2.45, 2.75) is 31.7 Å². The predicted octanol–water partition coefficient (Wildman–Crippen LogP) is 1.79. The van der Waals surface area contributed by atoms with E-state index in [1.54, 1.807) is 24.3 Å². The van der Waals surface area contributed by atoms with Gasteiger partial charge in [0, 0.05) is 11.6 Å². The van der Waals surface area contributed by atoms with Crippen LogP contribution < -0.4 is 10.5 Å². The zero-order valence-corrected chi connectivity index (χ0v) is 13.7. The minimum Gasteiger partial charge on any atom is -0.480 e. The molecule has 6 nitrogen and oxygen atoms in total. The Morgan fingerprint density at radius 1 is 1.23 bits per heavy atom. The highest BCUT2D eigenvalue weighted by Crippen LogP contribution is 2.13. The van der Waals surface area contributed by atoms with E-state index in [9.17, 15) is 13.2 Å². The maximum absolute atomic E-state index is 11.9. The summed E-state index contributed by atoms with van der Waals surface area (Å²) >= 11 is 5.54. The van der Waals surface area contributed by atoms with Crippen LogP contribution in [0, 0.1) is 0 Å². The molecule has 124 valence electrons. The maximum atomic E-state index is 11.9. The number of hydrogen-bond donors (Lipinski definition) is 3. The van der Waals surface area contributed by atoms with Gasteiger partial charge < -0.3 is 10.8 Å². The molecular weight excluding hydrogens is 328 g/mol. The normalized spacial score (nSPS) is 12.8. The number of nitrogens with one attached hydrogen (secondary N) is 1. The number of nitrogens with two attached hydrogens (primary N) is 1. The Morgan fingerprint density at radius 3 is 2.41 bits per heavy atom. The summed E-state index contributed by atoms with van der Waals surface area (Å²) in [6.45, 7) is 0. The number of hydrogen-bond acceptors (Lipinski definition) is 4. The molecule has 0 radical (unpaired) electrons. The number of rotatable bonds is 10. The van der Waals surface area contributed by atoms with Gasteiger partial charge in [0.05, 0.1) is 5.75 Å². The molecular formula is C14H21ClN2O4S. The van der Waals surface area contributed by atoms with E-state index < -0.39 is 22.0 Å². The molecule has 22 heavy (non-hydrogen) atoms. The second-order valence-electron chi connectivity index (χ2n) is 5.02. The lowest BCUT2D eigenvalue weighted by Gasteiger charge is -2.10. The monoisotopic (exact) mass is 348 g/mol. The summed E-state index contributed by atoms with van der Waals surface area (Å²) in [7, 11) is -3.38. The van der Waals surface area contributed by atoms with Crippen molar-refractivity contribution in [1.82, 2.24) is 0 Å². The van der Waals surface area contributed by atoms with E-state index in [1.807, 2.05) is 0 Å². The van der Waals surface area contributed by atoms with Crippen LogP contribution in [0.25, 0.3) is 0 Å². The van der Waals surface area contributed by atoms with Gasteiger partial charge in [-0.05, 0) is 37.0 Å². The highest BCUT2D eigenvalue weighted by molar-refractivity contribution is 7.92. The van der Waals surface area contributed by atoms with Gasteiger partial charge in [-0.2, -0.15) is 0 Å². The molecule has 1 aromatic rings. The Labute approximate surface area is 135 Å². The summed E-state index contributed by atoms with van der Waals surface area (Å²) in [5.41, 5.74) is 6.63. The molecule has 0 aromatic heterocycles. The number of carbonyl (C=O) groups is 1. The Balaban J connectivity index is 2.54. The first kappa shape index (κ1) is 18.7. The Hall–Kier alpha value is -1.31. The van der Waals surface area contributed by atoms with E-state index in [0.717, 1.165) is 18.4 Å². The lowest BCUT2D eigenvalue weighted by Crippen LogP contribution is -2.32. The molecule has 1 aromatic carbocycles. The highest BCUT2D eigenvalue weighted by atomic mass is 35.5. The molecule has 1 atom stereocenters. The van der Waals surface area contributed by atoms with E-state index in [2.05, 4.69) is 4.72 Å². The van der Waals surface area contributed by atoms with Crippen LogP contribution in [0.3, 0.4) is 0 Å². The molecule has 0 amide bonds. The number of alkyl halides is 1. The van der Waals surface area contributed by atoms with E-state index >= 15 is 0 Å². The lowest BCUT2D eigenvalue weighted by molar-refractivity contribution is -0.138. The summed E-state index contributed by atoms with van der Waals surface area (Å²) in [5, 5.41) is 8.75. The van der Waals surface area contributed by atoms with Crippen molar-refractivity contribution in [3.8, 4) is 0 Å². The molecule has 0 aliphatic rings. The highest BCUT2D eigenvalue weighted by Gasteiger charge is 2.13. The van der Waals surface area contributed by atoms with Crippen molar-refractivity contribution in [2.24, 2.45) is 5.73 Å². The average molecular weight is 349 g/mol. The molecule has 0 saturated carbocycles. The number of halogens is 1. The van der Waals surface area contributed by atoms with Crippen molar-refractivity contribution in [1.29, 1.82) is 0 Å². The Bertz CT molecular complexity index is 575. The van der Waals surface area contributed by atoms with Crippen LogP contribution in [0.2, 0.25) is 0 Å². The van der Waals surface area contributed by atoms with E-state index in [-0.39, 0.29) is 12.2 Å². The minimum atomic E-state index is -3.38. The van der Waals surface area contributed by atoms with Gasteiger partial charge in [-0.1, -0.05) is 18.6 Å². The van der Waals surface area contributed by atoms with Gasteiger partial charge in [0.2, 0.25) is 10.0 Å². The van der Waals surface area contributed by atoms with E-state index in [0.29, 0.717) is 18.0 Å². The predicted molar refractivity (Wildman–Crippen MR) is 87.7 cm³/mol. The first-order chi connectivity index (χ1) is 10.3. The van der Waals surface area contributed by atoms with Crippen LogP contribution in [0.15, 0.2) is 24.3 Å². The van der Waals surface area contributed by atoms with Crippen molar-refractivity contribution >= 4 is 33.3 Å². The number of benzene rings is 1. The number of carboxylic acids is 1. The van der Waals surface area contributed by atoms with Gasteiger partial charge in [-0.3, -0.25) is 9.52 Å². The first-order valence-electron chi connectivity index (χ1n) is 6.98. The molecule has 0 saturated heterocycles. The molecule has 4 N–H and O–H groups in total. The quantitative estimate of drug-likeness (QED) is 0.441. The zero-order valence-electron chi connectivity index (χ0n) is 12.2. The molecule has 0 aliphatic heterocycles. The third kappa shape index (κ3) is 7.11. The van der Waals surface area contributed by atoms with Gasteiger partial charge >= 0.3 is 5.97 Å². The van der Waals surface area contributed by atoms with Crippen LogP contribution in [0.4, 0.5) is 5.69 Å². The second kappa shape index (κ2) is 8.97. The van der Waals surface area contributed by atoms with Gasteiger partial charge in [-0.25, -0.2) is 8.42 Å². The molecule has 0 heterocycles. The van der Waals surface area contributed by atoms with Gasteiger partial charge in [0.25, 0.3) is 0 Å². The smallest absolute Gasteiger partial charge is 0.320 e. The second-order valence-corrected chi connectivity index (χ2v) is 7.24. The fourth-order valence-electron chi connectivity index (χ4n) is 1.84. The molecule has 8 heteroatoms. The van der Waals surface area contributed by atoms with Crippen molar-refractivity contribution < 1.29 is 18.3 Å². The molecule has 0 fully saturated rings. The lowest BCUT2D eigenvalue weighted by atomic mass is 10.1. The number of aliphatic carboxylic acids is 1. The van der Waals surface area contributed by atoms with E-state index in [1.165, 1.54) is 0 Å². The fraction of sp³-hybridized carbons (Fsp3) is 0.500. The largest absolute Gasteiger partial charge is 0.480 e. The molecule has 1 rings (SSSR count). The molecule has 0 aliphatic carbocycles. The summed E-state index contributed by atoms with van der Waals surface area (Å²) in [6, 6.07) is 5.55. The number of unbranched alkanes of at least 4 members (excludes halogenated alkanes) is 2. The summed E-state index contributed by atoms with van der Waals surface area (Å²) < 4.78 is 26.2. The van der Waals surface area contributed by atoms with Gasteiger partial charge in [0.1, 0.15) is 6.04 Å². The standard InChI is InChI=1S/C14H21ClN2O4S/c15-8-2-1-3-9-22(20,21)17-12-6-4-11(5-7-12)10-13(16)14(18)19/h4-7,13,17H,1-3,8-10,16H2,(H,18,19)/t13-/m0/s1. The third-order valence-corrected chi connectivity index (χ3v) is 4.69. The summed E-state index contributed by atoms with van der Waals surface area (Å²) in [4.78, 5) is 10.7.